The monoisotopic (exact) mass is 342 g/mol. The molecule has 102 valence electrons. The summed E-state index contributed by atoms with van der Waals surface area (Å²) in [4.78, 5) is 0. The number of benzene rings is 1. The van der Waals surface area contributed by atoms with Crippen molar-refractivity contribution in [2.75, 3.05) is 13.7 Å². The fourth-order valence-electron chi connectivity index (χ4n) is 2.95. The van der Waals surface area contributed by atoms with Crippen LogP contribution in [0, 0.1) is 0 Å². The van der Waals surface area contributed by atoms with Crippen LogP contribution in [0.15, 0.2) is 16.6 Å². The van der Waals surface area contributed by atoms with E-state index in [0.29, 0.717) is 6.04 Å². The minimum absolute atomic E-state index is 0.382. The second kappa shape index (κ2) is 5.00. The van der Waals surface area contributed by atoms with Gasteiger partial charge in [0.25, 0.3) is 0 Å². The number of hydrogen-bond acceptors (Lipinski definition) is 2. The van der Waals surface area contributed by atoms with Gasteiger partial charge in [-0.2, -0.15) is 0 Å². The fourth-order valence-corrected chi connectivity index (χ4v) is 4.26. The molecule has 2 aromatic rings. The van der Waals surface area contributed by atoms with Gasteiger partial charge < -0.3 is 14.6 Å². The lowest BCUT2D eigenvalue weighted by Gasteiger charge is -2.13. The molecule has 2 heterocycles. The van der Waals surface area contributed by atoms with Crippen molar-refractivity contribution in [2.24, 2.45) is 7.05 Å². The van der Waals surface area contributed by atoms with Crippen LogP contribution >= 0.6 is 27.5 Å². The predicted octanol–water partition coefficient (Wildman–Crippen LogP) is 4.03. The number of aryl methyl sites for hydroxylation is 1. The van der Waals surface area contributed by atoms with Crippen LogP contribution in [-0.4, -0.2) is 18.2 Å². The van der Waals surface area contributed by atoms with Crippen LogP contribution in [0.1, 0.15) is 24.6 Å². The summed E-state index contributed by atoms with van der Waals surface area (Å²) in [6.45, 7) is 1.07. The summed E-state index contributed by atoms with van der Waals surface area (Å²) in [6.07, 6.45) is 2.37. The van der Waals surface area contributed by atoms with Crippen molar-refractivity contribution >= 4 is 38.4 Å². The van der Waals surface area contributed by atoms with Gasteiger partial charge in [0.05, 0.1) is 23.3 Å². The van der Waals surface area contributed by atoms with Crippen molar-refractivity contribution < 1.29 is 4.74 Å². The van der Waals surface area contributed by atoms with Gasteiger partial charge in [0.1, 0.15) is 5.75 Å². The highest BCUT2D eigenvalue weighted by molar-refractivity contribution is 9.10. The lowest BCUT2D eigenvalue weighted by Crippen LogP contribution is -2.16. The topological polar surface area (TPSA) is 26.2 Å². The first kappa shape index (κ1) is 13.3. The average Bonchev–Trinajstić information content (AvgIpc) is 2.99. The smallest absolute Gasteiger partial charge is 0.143 e. The molecule has 1 aromatic heterocycles. The molecular weight excluding hydrogens is 328 g/mol. The van der Waals surface area contributed by atoms with E-state index >= 15 is 0 Å². The molecule has 0 radical (unpaired) electrons. The van der Waals surface area contributed by atoms with Gasteiger partial charge in [-0.05, 0) is 47.4 Å². The van der Waals surface area contributed by atoms with E-state index in [-0.39, 0.29) is 0 Å². The zero-order chi connectivity index (χ0) is 13.6. The van der Waals surface area contributed by atoms with Crippen LogP contribution in [0.25, 0.3) is 10.9 Å². The van der Waals surface area contributed by atoms with E-state index in [2.05, 4.69) is 32.9 Å². The Morgan fingerprint density at radius 2 is 2.26 bits per heavy atom. The summed E-state index contributed by atoms with van der Waals surface area (Å²) in [6, 6.07) is 4.19. The molecule has 5 heteroatoms. The van der Waals surface area contributed by atoms with Crippen molar-refractivity contribution in [3.63, 3.8) is 0 Å². The van der Waals surface area contributed by atoms with Gasteiger partial charge >= 0.3 is 0 Å². The maximum absolute atomic E-state index is 6.36. The van der Waals surface area contributed by atoms with Crippen LogP contribution in [0.4, 0.5) is 0 Å². The first-order chi connectivity index (χ1) is 9.15. The maximum Gasteiger partial charge on any atom is 0.143 e. The lowest BCUT2D eigenvalue weighted by molar-refractivity contribution is 0.417. The van der Waals surface area contributed by atoms with Crippen molar-refractivity contribution in [1.29, 1.82) is 0 Å². The van der Waals surface area contributed by atoms with E-state index in [4.69, 9.17) is 16.3 Å². The Morgan fingerprint density at radius 3 is 2.89 bits per heavy atom. The fraction of sp³-hybridized carbons (Fsp3) is 0.429. The summed E-state index contributed by atoms with van der Waals surface area (Å²) in [5, 5.41) is 5.32. The Morgan fingerprint density at radius 1 is 1.47 bits per heavy atom. The summed E-state index contributed by atoms with van der Waals surface area (Å²) in [7, 11) is 3.76. The SMILES string of the molecule is COc1ccc(Cl)c2c(Br)c(C3CCCN3)n(C)c12. The summed E-state index contributed by atoms with van der Waals surface area (Å²) < 4.78 is 8.74. The predicted molar refractivity (Wildman–Crippen MR) is 82.2 cm³/mol. The van der Waals surface area contributed by atoms with Crippen molar-refractivity contribution in [3.8, 4) is 5.75 Å². The minimum Gasteiger partial charge on any atom is -0.495 e. The summed E-state index contributed by atoms with van der Waals surface area (Å²) >= 11 is 10.1. The molecule has 1 aliphatic rings. The van der Waals surface area contributed by atoms with E-state index in [1.54, 1.807) is 7.11 Å². The molecule has 0 bridgehead atoms. The Labute approximate surface area is 126 Å². The molecule has 1 fully saturated rings. The number of rotatable bonds is 2. The number of aromatic nitrogens is 1. The Balaban J connectivity index is 2.32. The first-order valence-corrected chi connectivity index (χ1v) is 7.56. The molecule has 1 N–H and O–H groups in total. The molecule has 19 heavy (non-hydrogen) atoms. The first-order valence-electron chi connectivity index (χ1n) is 6.38. The normalized spacial score (nSPS) is 19.3. The molecule has 1 aromatic carbocycles. The third-order valence-corrected chi connectivity index (χ3v) is 4.96. The van der Waals surface area contributed by atoms with Gasteiger partial charge in [-0.15, -0.1) is 0 Å². The van der Waals surface area contributed by atoms with Crippen LogP contribution in [-0.2, 0) is 7.05 Å². The van der Waals surface area contributed by atoms with Crippen LogP contribution in [0.3, 0.4) is 0 Å². The third-order valence-electron chi connectivity index (χ3n) is 3.84. The van der Waals surface area contributed by atoms with Crippen molar-refractivity contribution in [1.82, 2.24) is 9.88 Å². The Hall–Kier alpha value is -0.710. The van der Waals surface area contributed by atoms with Crippen LogP contribution < -0.4 is 10.1 Å². The van der Waals surface area contributed by atoms with Crippen molar-refractivity contribution in [2.45, 2.75) is 18.9 Å². The van der Waals surface area contributed by atoms with Crippen molar-refractivity contribution in [3.05, 3.63) is 27.3 Å². The second-order valence-electron chi connectivity index (χ2n) is 4.88. The standard InChI is InChI=1S/C14H16BrClN2O/c1-18-13(9-4-3-7-17-9)12(15)11-8(16)5-6-10(19-2)14(11)18/h5-6,9,17H,3-4,7H2,1-2H3. The van der Waals surface area contributed by atoms with E-state index in [1.807, 2.05) is 12.1 Å². The molecule has 0 saturated carbocycles. The molecule has 3 nitrogen and oxygen atoms in total. The average molecular weight is 344 g/mol. The van der Waals surface area contributed by atoms with E-state index in [1.165, 1.54) is 12.1 Å². The minimum atomic E-state index is 0.382. The molecule has 0 aliphatic carbocycles. The van der Waals surface area contributed by atoms with Gasteiger partial charge in [-0.25, -0.2) is 0 Å². The van der Waals surface area contributed by atoms with Gasteiger partial charge in [-0.3, -0.25) is 0 Å². The number of halogens is 2. The zero-order valence-corrected chi connectivity index (χ0v) is 13.3. The van der Waals surface area contributed by atoms with Gasteiger partial charge in [0, 0.05) is 22.9 Å². The second-order valence-corrected chi connectivity index (χ2v) is 6.08. The number of hydrogen-bond donors (Lipinski definition) is 1. The maximum atomic E-state index is 6.36. The van der Waals surface area contributed by atoms with E-state index in [9.17, 15) is 0 Å². The molecule has 0 spiro atoms. The number of nitrogens with zero attached hydrogens (tertiary/aromatic N) is 1. The van der Waals surface area contributed by atoms with E-state index in [0.717, 1.165) is 39.1 Å². The highest BCUT2D eigenvalue weighted by Crippen LogP contribution is 2.43. The lowest BCUT2D eigenvalue weighted by atomic mass is 10.1. The quantitative estimate of drug-likeness (QED) is 0.891. The molecule has 1 atom stereocenters. The van der Waals surface area contributed by atoms with Gasteiger partial charge in [0.15, 0.2) is 0 Å². The van der Waals surface area contributed by atoms with Gasteiger partial charge in [-0.1, -0.05) is 11.6 Å². The summed E-state index contributed by atoms with van der Waals surface area (Å²) in [5.74, 6) is 0.854. The molecule has 0 amide bonds. The van der Waals surface area contributed by atoms with E-state index < -0.39 is 0 Å². The molecule has 1 unspecified atom stereocenters. The highest BCUT2D eigenvalue weighted by Gasteiger charge is 2.26. The number of ether oxygens (including phenoxy) is 1. The molecular formula is C14H16BrClN2O. The molecule has 1 aliphatic heterocycles. The molecule has 1 saturated heterocycles. The largest absolute Gasteiger partial charge is 0.495 e. The Kier molecular flexibility index (Phi) is 3.50. The number of fused-ring (bicyclic) bond motifs is 1. The third kappa shape index (κ3) is 1.97. The summed E-state index contributed by atoms with van der Waals surface area (Å²) in [5.41, 5.74) is 2.30. The van der Waals surface area contributed by atoms with Gasteiger partial charge in [0.2, 0.25) is 0 Å². The van der Waals surface area contributed by atoms with Crippen LogP contribution in [0.5, 0.6) is 5.75 Å². The highest BCUT2D eigenvalue weighted by atomic mass is 79.9. The molecule has 3 rings (SSSR count). The Bertz CT molecular complexity index is 632. The number of nitrogens with one attached hydrogen (secondary N) is 1. The van der Waals surface area contributed by atoms with Crippen LogP contribution in [0.2, 0.25) is 5.02 Å². The zero-order valence-electron chi connectivity index (χ0n) is 11.0. The number of methoxy groups -OCH3 is 1.